The van der Waals surface area contributed by atoms with E-state index in [0.717, 1.165) is 22.6 Å². The Kier molecular flexibility index (Phi) is 21.3. The van der Waals surface area contributed by atoms with Gasteiger partial charge in [-0.2, -0.15) is 0 Å². The fraction of sp³-hybridized carbons (Fsp3) is 0.429. The van der Waals surface area contributed by atoms with Crippen molar-refractivity contribution in [2.24, 2.45) is 5.92 Å². The number of hydrogen-bond donors (Lipinski definition) is 0. The molecule has 0 heterocycles. The lowest BCUT2D eigenvalue weighted by Gasteiger charge is -2.10. The number of alkyl halides is 1. The topological polar surface area (TPSA) is 86.7 Å². The van der Waals surface area contributed by atoms with Crippen molar-refractivity contribution in [3.05, 3.63) is 59.7 Å². The summed E-state index contributed by atoms with van der Waals surface area (Å²) in [6, 6.07) is 15.1. The number of ketones is 4. The van der Waals surface area contributed by atoms with Gasteiger partial charge in [0.05, 0.1) is 26.6 Å². The molecule has 0 amide bonds. The van der Waals surface area contributed by atoms with E-state index in [4.69, 9.17) is 21.1 Å². The van der Waals surface area contributed by atoms with Crippen LogP contribution in [0.15, 0.2) is 48.5 Å². The average molecular weight is 509 g/mol. The van der Waals surface area contributed by atoms with Gasteiger partial charge in [-0.05, 0) is 69.5 Å². The van der Waals surface area contributed by atoms with Crippen molar-refractivity contribution in [3.8, 4) is 11.5 Å². The van der Waals surface area contributed by atoms with Gasteiger partial charge in [0.1, 0.15) is 34.6 Å². The molecule has 2 aromatic rings. The Morgan fingerprint density at radius 2 is 1.03 bits per heavy atom. The van der Waals surface area contributed by atoms with E-state index >= 15 is 0 Å². The molecule has 0 bridgehead atoms. The summed E-state index contributed by atoms with van der Waals surface area (Å²) in [6.07, 6.45) is 0.550. The van der Waals surface area contributed by atoms with E-state index in [1.807, 2.05) is 48.5 Å². The summed E-state index contributed by atoms with van der Waals surface area (Å²) in [5, 5.41) is 0. The molecule has 0 aliphatic heterocycles. The van der Waals surface area contributed by atoms with E-state index in [2.05, 4.69) is 0 Å². The minimum absolute atomic E-state index is 0. The van der Waals surface area contributed by atoms with Crippen molar-refractivity contribution in [3.63, 3.8) is 0 Å². The van der Waals surface area contributed by atoms with Gasteiger partial charge < -0.3 is 9.47 Å². The van der Waals surface area contributed by atoms with Gasteiger partial charge in [0.15, 0.2) is 0 Å². The van der Waals surface area contributed by atoms with Crippen LogP contribution in [0.2, 0.25) is 0 Å². The van der Waals surface area contributed by atoms with Gasteiger partial charge in [0.2, 0.25) is 0 Å². The SMILES string of the molecule is C.C.CC(=O)CC(C)=O.COc1ccc(CC(C(C)=O)C(C)=O)cc1.COc1ccc(CCl)cc1. The normalized spacial score (nSPS) is 9.03. The molecule has 35 heavy (non-hydrogen) atoms. The second kappa shape index (κ2) is 20.4. The Bertz CT molecular complexity index is 840. The first kappa shape index (κ1) is 36.6. The summed E-state index contributed by atoms with van der Waals surface area (Å²) < 4.78 is 10.0. The van der Waals surface area contributed by atoms with Gasteiger partial charge in [0.25, 0.3) is 0 Å². The van der Waals surface area contributed by atoms with Gasteiger partial charge >= 0.3 is 0 Å². The Labute approximate surface area is 216 Å². The average Bonchev–Trinajstić information content (AvgIpc) is 2.77. The molecule has 0 aromatic heterocycles. The van der Waals surface area contributed by atoms with Gasteiger partial charge in [-0.1, -0.05) is 39.1 Å². The molecule has 0 fully saturated rings. The molecule has 0 radical (unpaired) electrons. The van der Waals surface area contributed by atoms with E-state index in [9.17, 15) is 19.2 Å². The quantitative estimate of drug-likeness (QED) is 0.292. The molecule has 0 atom stereocenters. The lowest BCUT2D eigenvalue weighted by atomic mass is 9.93. The highest BCUT2D eigenvalue weighted by Crippen LogP contribution is 2.16. The molecule has 0 saturated heterocycles. The number of halogens is 1. The van der Waals surface area contributed by atoms with Crippen LogP contribution in [0, 0.1) is 5.92 Å². The summed E-state index contributed by atoms with van der Waals surface area (Å²) in [5.41, 5.74) is 2.08. The molecule has 0 N–H and O–H groups in total. The third kappa shape index (κ3) is 17.1. The van der Waals surface area contributed by atoms with E-state index in [0.29, 0.717) is 12.3 Å². The molecule has 0 aliphatic rings. The summed E-state index contributed by atoms with van der Waals surface area (Å²) in [5.74, 6) is 1.39. The number of carbonyl (C=O) groups excluding carboxylic acids is 4. The summed E-state index contributed by atoms with van der Waals surface area (Å²) in [4.78, 5) is 42.6. The van der Waals surface area contributed by atoms with Crippen molar-refractivity contribution in [1.82, 2.24) is 0 Å². The Morgan fingerprint density at radius 1 is 0.686 bits per heavy atom. The first-order valence-corrected chi connectivity index (χ1v) is 10.9. The maximum atomic E-state index is 11.3. The van der Waals surface area contributed by atoms with Gasteiger partial charge in [0, 0.05) is 5.88 Å². The Morgan fingerprint density at radius 3 is 1.26 bits per heavy atom. The Balaban J connectivity index is -0.000000466. The minimum Gasteiger partial charge on any atom is -0.497 e. The number of ether oxygens (including phenoxy) is 2. The molecule has 0 unspecified atom stereocenters. The molecular weight excluding hydrogens is 468 g/mol. The van der Waals surface area contributed by atoms with Crippen molar-refractivity contribution >= 4 is 34.7 Å². The first-order chi connectivity index (χ1) is 15.5. The van der Waals surface area contributed by atoms with Crippen LogP contribution in [-0.2, 0) is 31.5 Å². The van der Waals surface area contributed by atoms with Crippen molar-refractivity contribution in [1.29, 1.82) is 0 Å². The molecule has 2 rings (SSSR count). The van der Waals surface area contributed by atoms with Crippen LogP contribution in [0.5, 0.6) is 11.5 Å². The number of carbonyl (C=O) groups is 4. The van der Waals surface area contributed by atoms with Crippen molar-refractivity contribution < 1.29 is 28.7 Å². The van der Waals surface area contributed by atoms with Crippen LogP contribution in [0.4, 0.5) is 0 Å². The molecular formula is C28H41ClO6. The fourth-order valence-electron chi connectivity index (χ4n) is 2.64. The predicted molar refractivity (Wildman–Crippen MR) is 144 cm³/mol. The van der Waals surface area contributed by atoms with E-state index in [-0.39, 0.29) is 44.4 Å². The van der Waals surface area contributed by atoms with Gasteiger partial charge in [-0.3, -0.25) is 19.2 Å². The van der Waals surface area contributed by atoms with Crippen LogP contribution in [0.1, 0.15) is 60.1 Å². The summed E-state index contributed by atoms with van der Waals surface area (Å²) >= 11 is 5.58. The zero-order valence-electron chi connectivity index (χ0n) is 20.1. The molecule has 7 heteroatoms. The van der Waals surface area contributed by atoms with Crippen LogP contribution in [0.25, 0.3) is 0 Å². The molecule has 196 valence electrons. The van der Waals surface area contributed by atoms with Crippen LogP contribution in [0.3, 0.4) is 0 Å². The first-order valence-electron chi connectivity index (χ1n) is 10.4. The van der Waals surface area contributed by atoms with Crippen molar-refractivity contribution in [2.45, 2.75) is 61.3 Å². The largest absolute Gasteiger partial charge is 0.497 e. The molecule has 2 aromatic carbocycles. The number of Topliss-reactive ketones (excluding diaryl/α,β-unsaturated/α-hetero) is 4. The van der Waals surface area contributed by atoms with Gasteiger partial charge in [-0.15, -0.1) is 11.6 Å². The van der Waals surface area contributed by atoms with Crippen molar-refractivity contribution in [2.75, 3.05) is 14.2 Å². The highest BCUT2D eigenvalue weighted by molar-refractivity contribution is 6.17. The van der Waals surface area contributed by atoms with Crippen LogP contribution < -0.4 is 9.47 Å². The maximum absolute atomic E-state index is 11.3. The van der Waals surface area contributed by atoms with Crippen LogP contribution >= 0.6 is 11.6 Å². The second-order valence-electron chi connectivity index (χ2n) is 7.39. The predicted octanol–water partition coefficient (Wildman–Crippen LogP) is 6.29. The Hall–Kier alpha value is -2.99. The smallest absolute Gasteiger partial charge is 0.140 e. The zero-order chi connectivity index (χ0) is 25.4. The van der Waals surface area contributed by atoms with Crippen LogP contribution in [-0.4, -0.2) is 37.4 Å². The molecule has 0 saturated carbocycles. The third-order valence-electron chi connectivity index (χ3n) is 4.39. The number of hydrogen-bond acceptors (Lipinski definition) is 6. The monoisotopic (exact) mass is 508 g/mol. The standard InChI is InChI=1S/C13H16O3.C8H9ClO.C5H8O2.2CH4/c1-9(14)13(10(2)15)8-11-4-6-12(16-3)7-5-11;1-10-8-4-2-7(6-9)3-5-8;1-4(6)3-5(2)7;;/h4-7,13H,8H2,1-3H3;2-5H,6H2,1H3;3H2,1-2H3;2*1H4. The van der Waals surface area contributed by atoms with Gasteiger partial charge in [-0.25, -0.2) is 0 Å². The molecule has 0 aliphatic carbocycles. The number of rotatable bonds is 9. The zero-order valence-corrected chi connectivity index (χ0v) is 20.9. The summed E-state index contributed by atoms with van der Waals surface area (Å²) in [6.45, 7) is 5.72. The molecule has 6 nitrogen and oxygen atoms in total. The number of benzene rings is 2. The fourth-order valence-corrected chi connectivity index (χ4v) is 2.81. The lowest BCUT2D eigenvalue weighted by molar-refractivity contribution is -0.130. The molecule has 0 spiro atoms. The lowest BCUT2D eigenvalue weighted by Crippen LogP contribution is -2.21. The highest BCUT2D eigenvalue weighted by Gasteiger charge is 2.19. The van der Waals surface area contributed by atoms with E-state index < -0.39 is 5.92 Å². The minimum atomic E-state index is -0.520. The maximum Gasteiger partial charge on any atom is 0.140 e. The second-order valence-corrected chi connectivity index (χ2v) is 7.66. The third-order valence-corrected chi connectivity index (χ3v) is 4.70. The van der Waals surface area contributed by atoms with E-state index in [1.54, 1.807) is 14.2 Å². The highest BCUT2D eigenvalue weighted by atomic mass is 35.5. The van der Waals surface area contributed by atoms with E-state index in [1.165, 1.54) is 27.7 Å². The summed E-state index contributed by atoms with van der Waals surface area (Å²) in [7, 11) is 3.25. The number of methoxy groups -OCH3 is 2.